The molecule has 3 aromatic carbocycles. The predicted molar refractivity (Wildman–Crippen MR) is 126 cm³/mol. The Balaban J connectivity index is 1.68. The zero-order valence-electron chi connectivity index (χ0n) is 17.5. The van der Waals surface area contributed by atoms with Crippen molar-refractivity contribution in [3.8, 4) is 5.75 Å². The van der Waals surface area contributed by atoms with Crippen LogP contribution in [0.25, 0.3) is 5.57 Å². The maximum atomic E-state index is 13.8. The minimum Gasteiger partial charge on any atom is -0.492 e. The van der Waals surface area contributed by atoms with Gasteiger partial charge in [0.2, 0.25) is 0 Å². The van der Waals surface area contributed by atoms with Crippen LogP contribution in [0, 0.1) is 0 Å². The lowest BCUT2D eigenvalue weighted by Crippen LogP contribution is -2.35. The predicted octanol–water partition coefficient (Wildman–Crippen LogP) is 5.09. The molecule has 0 radical (unpaired) electrons. The van der Waals surface area contributed by atoms with Gasteiger partial charge in [-0.15, -0.1) is 0 Å². The number of amides is 2. The lowest BCUT2D eigenvalue weighted by Gasteiger charge is -2.22. The van der Waals surface area contributed by atoms with Crippen LogP contribution >= 0.6 is 11.6 Å². The molecule has 5 nitrogen and oxygen atoms in total. The highest BCUT2D eigenvalue weighted by Gasteiger charge is 2.44. The fourth-order valence-electron chi connectivity index (χ4n) is 4.35. The number of hydrogen-bond donors (Lipinski definition) is 0. The van der Waals surface area contributed by atoms with Crippen molar-refractivity contribution in [3.05, 3.63) is 94.6 Å². The summed E-state index contributed by atoms with van der Waals surface area (Å²) in [5, 5.41) is 0.567. The van der Waals surface area contributed by atoms with Crippen LogP contribution in [0.3, 0.4) is 0 Å². The van der Waals surface area contributed by atoms with E-state index in [-0.39, 0.29) is 11.8 Å². The van der Waals surface area contributed by atoms with E-state index in [1.165, 1.54) is 4.90 Å². The first kappa shape index (κ1) is 20.3. The van der Waals surface area contributed by atoms with Gasteiger partial charge in [-0.25, -0.2) is 4.90 Å². The van der Waals surface area contributed by atoms with Crippen molar-refractivity contribution >= 4 is 40.4 Å². The molecule has 0 saturated heterocycles. The van der Waals surface area contributed by atoms with Crippen molar-refractivity contribution < 1.29 is 14.3 Å². The van der Waals surface area contributed by atoms with Crippen LogP contribution in [-0.2, 0) is 16.0 Å². The second-order valence-electron chi connectivity index (χ2n) is 7.61. The molecule has 0 saturated carbocycles. The second kappa shape index (κ2) is 8.17. The Bertz CT molecular complexity index is 1250. The molecule has 0 aliphatic carbocycles. The van der Waals surface area contributed by atoms with Gasteiger partial charge < -0.3 is 9.64 Å². The highest BCUT2D eigenvalue weighted by molar-refractivity contribution is 6.46. The Morgan fingerprint density at radius 1 is 0.875 bits per heavy atom. The molecule has 3 aromatic rings. The largest absolute Gasteiger partial charge is 0.492 e. The fourth-order valence-corrected chi connectivity index (χ4v) is 4.48. The van der Waals surface area contributed by atoms with Crippen LogP contribution in [-0.4, -0.2) is 25.0 Å². The van der Waals surface area contributed by atoms with Crippen molar-refractivity contribution in [2.45, 2.75) is 13.3 Å². The zero-order chi connectivity index (χ0) is 22.2. The molecule has 0 unspecified atom stereocenters. The number of nitrogens with zero attached hydrogens (tertiary/aromatic N) is 2. The zero-order valence-corrected chi connectivity index (χ0v) is 18.3. The van der Waals surface area contributed by atoms with Gasteiger partial charge in [0.25, 0.3) is 11.8 Å². The summed E-state index contributed by atoms with van der Waals surface area (Å²) >= 11 is 6.09. The molecule has 0 spiro atoms. The lowest BCUT2D eigenvalue weighted by molar-refractivity contribution is -0.120. The number of rotatable bonds is 5. The SMILES string of the molecule is CCOc1ccccc1N1C(=O)C(c2ccc(Cl)cc2)=C(N2CCc3ccccc32)C1=O. The van der Waals surface area contributed by atoms with E-state index in [1.807, 2.05) is 36.1 Å². The maximum Gasteiger partial charge on any atom is 0.282 e. The number of fused-ring (bicyclic) bond motifs is 1. The molecule has 2 amide bonds. The number of carbonyl (C=O) groups is 2. The van der Waals surface area contributed by atoms with E-state index in [2.05, 4.69) is 6.07 Å². The second-order valence-corrected chi connectivity index (χ2v) is 8.04. The third-order valence-corrected chi connectivity index (χ3v) is 6.01. The van der Waals surface area contributed by atoms with E-state index in [0.29, 0.717) is 46.4 Å². The number of para-hydroxylation sites is 3. The molecule has 0 aromatic heterocycles. The Labute approximate surface area is 191 Å². The van der Waals surface area contributed by atoms with Crippen molar-refractivity contribution in [3.63, 3.8) is 0 Å². The summed E-state index contributed by atoms with van der Waals surface area (Å²) in [6.45, 7) is 2.93. The number of halogens is 1. The average Bonchev–Trinajstić information content (AvgIpc) is 3.33. The van der Waals surface area contributed by atoms with Crippen LogP contribution in [0.5, 0.6) is 5.75 Å². The van der Waals surface area contributed by atoms with E-state index in [9.17, 15) is 9.59 Å². The van der Waals surface area contributed by atoms with Gasteiger partial charge in [0.15, 0.2) is 0 Å². The Hall–Kier alpha value is -3.57. The number of carbonyl (C=O) groups excluding carboxylic acids is 2. The van der Waals surface area contributed by atoms with Gasteiger partial charge in [-0.2, -0.15) is 0 Å². The molecular formula is C26H21ClN2O3. The highest BCUT2D eigenvalue weighted by atomic mass is 35.5. The first-order chi connectivity index (χ1) is 15.6. The summed E-state index contributed by atoms with van der Waals surface area (Å²) < 4.78 is 5.72. The number of hydrogen-bond acceptors (Lipinski definition) is 4. The number of anilines is 2. The standard InChI is InChI=1S/C26H21ClN2O3/c1-2-32-22-10-6-5-9-21(22)29-25(30)23(18-11-13-19(27)14-12-18)24(26(29)31)28-16-15-17-7-3-4-8-20(17)28/h3-14H,2,15-16H2,1H3. The Kier molecular flexibility index (Phi) is 5.19. The van der Waals surface area contributed by atoms with Crippen LogP contribution in [0.2, 0.25) is 5.02 Å². The summed E-state index contributed by atoms with van der Waals surface area (Å²) in [4.78, 5) is 30.8. The molecule has 2 heterocycles. The van der Waals surface area contributed by atoms with Gasteiger partial charge >= 0.3 is 0 Å². The lowest BCUT2D eigenvalue weighted by atomic mass is 10.0. The van der Waals surface area contributed by atoms with E-state index >= 15 is 0 Å². The van der Waals surface area contributed by atoms with E-state index in [0.717, 1.165) is 17.7 Å². The highest BCUT2D eigenvalue weighted by Crippen LogP contribution is 2.42. The maximum absolute atomic E-state index is 13.8. The minimum absolute atomic E-state index is 0.358. The molecule has 6 heteroatoms. The van der Waals surface area contributed by atoms with Gasteiger partial charge in [-0.3, -0.25) is 9.59 Å². The quantitative estimate of drug-likeness (QED) is 0.514. The summed E-state index contributed by atoms with van der Waals surface area (Å²) in [6.07, 6.45) is 0.810. The number of imide groups is 1. The van der Waals surface area contributed by atoms with Crippen molar-refractivity contribution in [2.24, 2.45) is 0 Å². The molecule has 0 bridgehead atoms. The van der Waals surface area contributed by atoms with E-state index < -0.39 is 0 Å². The van der Waals surface area contributed by atoms with E-state index in [4.69, 9.17) is 16.3 Å². The van der Waals surface area contributed by atoms with Crippen LogP contribution in [0.4, 0.5) is 11.4 Å². The van der Waals surface area contributed by atoms with Crippen molar-refractivity contribution in [2.75, 3.05) is 23.0 Å². The summed E-state index contributed by atoms with van der Waals surface area (Å²) in [5.74, 6) is -0.233. The van der Waals surface area contributed by atoms with Gasteiger partial charge in [0.1, 0.15) is 11.4 Å². The summed E-state index contributed by atoms with van der Waals surface area (Å²) in [6, 6.07) is 22.1. The van der Waals surface area contributed by atoms with E-state index in [1.54, 1.807) is 42.5 Å². The topological polar surface area (TPSA) is 49.9 Å². The molecule has 0 fully saturated rings. The molecule has 2 aliphatic rings. The Morgan fingerprint density at radius 3 is 2.31 bits per heavy atom. The van der Waals surface area contributed by atoms with Crippen LogP contribution < -0.4 is 14.5 Å². The third kappa shape index (κ3) is 3.26. The van der Waals surface area contributed by atoms with Gasteiger partial charge in [-0.1, -0.05) is 54.1 Å². The normalized spacial score (nSPS) is 15.6. The summed E-state index contributed by atoms with van der Waals surface area (Å²) in [7, 11) is 0. The first-order valence-electron chi connectivity index (χ1n) is 10.6. The smallest absolute Gasteiger partial charge is 0.282 e. The fraction of sp³-hybridized carbons (Fsp3) is 0.154. The van der Waals surface area contributed by atoms with Crippen molar-refractivity contribution in [1.29, 1.82) is 0 Å². The average molecular weight is 445 g/mol. The molecule has 5 rings (SSSR count). The molecule has 2 aliphatic heterocycles. The molecule has 32 heavy (non-hydrogen) atoms. The van der Waals surface area contributed by atoms with Gasteiger partial charge in [0.05, 0.1) is 17.9 Å². The Morgan fingerprint density at radius 2 is 1.56 bits per heavy atom. The molecular weight excluding hydrogens is 424 g/mol. The third-order valence-electron chi connectivity index (χ3n) is 5.76. The number of ether oxygens (including phenoxy) is 1. The monoisotopic (exact) mass is 444 g/mol. The van der Waals surface area contributed by atoms with Gasteiger partial charge in [0, 0.05) is 17.3 Å². The summed E-state index contributed by atoms with van der Waals surface area (Å²) in [5.41, 5.74) is 3.96. The molecule has 160 valence electrons. The van der Waals surface area contributed by atoms with Gasteiger partial charge in [-0.05, 0) is 54.8 Å². The first-order valence-corrected chi connectivity index (χ1v) is 10.9. The molecule has 0 N–H and O–H groups in total. The minimum atomic E-state index is -0.371. The van der Waals surface area contributed by atoms with Crippen LogP contribution in [0.1, 0.15) is 18.1 Å². The number of benzene rings is 3. The van der Waals surface area contributed by atoms with Crippen molar-refractivity contribution in [1.82, 2.24) is 0 Å². The van der Waals surface area contributed by atoms with Crippen LogP contribution in [0.15, 0.2) is 78.5 Å². The molecule has 0 atom stereocenters.